The average Bonchev–Trinajstić information content (AvgIpc) is 0.960. The van der Waals surface area contributed by atoms with Gasteiger partial charge in [-0.2, -0.15) is 0 Å². The Morgan fingerprint density at radius 1 is 0.384 bits per heavy atom. The molecule has 99 heavy (non-hydrogen) atoms. The first-order chi connectivity index (χ1) is 45.9. The molecule has 0 radical (unpaired) electrons. The van der Waals surface area contributed by atoms with E-state index in [2.05, 4.69) is 68.8 Å². The predicted molar refractivity (Wildman–Crippen MR) is 368 cm³/mol. The van der Waals surface area contributed by atoms with Crippen LogP contribution in [0, 0.1) is 17.8 Å². The van der Waals surface area contributed by atoms with Crippen LogP contribution < -0.4 is 110 Å². The topological polar surface area (TPSA) is 641 Å². The van der Waals surface area contributed by atoms with E-state index in [-0.39, 0.29) is 76.8 Å². The van der Waals surface area contributed by atoms with Crippen LogP contribution in [-0.4, -0.2) is 205 Å². The molecule has 0 unspecified atom stereocenters. The number of nitrogens with two attached hydrogens (primary N) is 8. The molecule has 0 saturated heterocycles. The number of carbonyl (C=O) groups excluding carboxylic acids is 14. The molecule has 0 aromatic rings. The van der Waals surface area contributed by atoms with Gasteiger partial charge in [0.25, 0.3) is 0 Å². The maximum absolute atomic E-state index is 14.4. The van der Waals surface area contributed by atoms with Crippen LogP contribution in [0.4, 0.5) is 0 Å². The fourth-order valence-electron chi connectivity index (χ4n) is 9.44. The van der Waals surface area contributed by atoms with Crippen molar-refractivity contribution in [3.8, 4) is 0 Å². The van der Waals surface area contributed by atoms with E-state index in [1.807, 2.05) is 0 Å². The Hall–Kier alpha value is -8.84. The predicted octanol–water partition coefficient (Wildman–Crippen LogP) is -6.13. The summed E-state index contributed by atoms with van der Waals surface area (Å²) in [6.07, 6.45) is 1.34. The molecule has 0 aliphatic carbocycles. The second kappa shape index (κ2) is 49.6. The Bertz CT molecular complexity index is 2680. The first-order valence-electron chi connectivity index (χ1n) is 33.2. The summed E-state index contributed by atoms with van der Waals surface area (Å²) < 4.78 is 0. The zero-order valence-electron chi connectivity index (χ0n) is 58.1. The summed E-state index contributed by atoms with van der Waals surface area (Å²) >= 11 is 0. The normalized spacial score (nSPS) is 14.7. The van der Waals surface area contributed by atoms with Gasteiger partial charge in [0.1, 0.15) is 66.5 Å². The summed E-state index contributed by atoms with van der Waals surface area (Å²) in [6, 6.07) is -16.3. The molecule has 37 heteroatoms. The fourth-order valence-corrected chi connectivity index (χ4v) is 9.44. The van der Waals surface area contributed by atoms with E-state index < -0.39 is 193 Å². The van der Waals surface area contributed by atoms with Crippen molar-refractivity contribution in [1.29, 1.82) is 0 Å². The lowest BCUT2D eigenvalue weighted by Crippen LogP contribution is -2.60. The van der Waals surface area contributed by atoms with Crippen LogP contribution in [0.25, 0.3) is 0 Å². The van der Waals surface area contributed by atoms with Gasteiger partial charge in [-0.15, -0.1) is 0 Å². The number of hydrogen-bond acceptors (Lipinski definition) is 20. The molecule has 0 aliphatic heterocycles. The van der Waals surface area contributed by atoms with E-state index in [1.54, 1.807) is 41.5 Å². The molecule has 0 aliphatic rings. The molecule has 14 amide bonds. The van der Waals surface area contributed by atoms with Crippen molar-refractivity contribution in [1.82, 2.24) is 63.8 Å². The number of carboxylic acids is 1. The van der Waals surface area contributed by atoms with Crippen LogP contribution in [0.15, 0.2) is 4.99 Å². The highest BCUT2D eigenvalue weighted by molar-refractivity contribution is 6.00. The number of carbonyl (C=O) groups is 15. The van der Waals surface area contributed by atoms with Crippen molar-refractivity contribution in [3.05, 3.63) is 0 Å². The Labute approximate surface area is 579 Å². The second-order valence-corrected chi connectivity index (χ2v) is 25.3. The van der Waals surface area contributed by atoms with Gasteiger partial charge in [0.05, 0.1) is 19.0 Å². The maximum atomic E-state index is 14.4. The molecule has 12 atom stereocenters. The first-order valence-corrected chi connectivity index (χ1v) is 33.2. The summed E-state index contributed by atoms with van der Waals surface area (Å²) in [5.41, 5.74) is 45.2. The molecular formula is C62H117N21O16. The van der Waals surface area contributed by atoms with Gasteiger partial charge < -0.3 is 115 Å². The minimum Gasteiger partial charge on any atom is -0.480 e. The fraction of sp³-hybridized carbons (Fsp3) is 0.742. The van der Waals surface area contributed by atoms with Crippen LogP contribution in [0.2, 0.25) is 0 Å². The highest BCUT2D eigenvalue weighted by Gasteiger charge is 2.36. The summed E-state index contributed by atoms with van der Waals surface area (Å²) in [6.45, 7) is 14.0. The van der Waals surface area contributed by atoms with Gasteiger partial charge in [-0.25, -0.2) is 0 Å². The molecule has 0 bridgehead atoms. The minimum atomic E-state index is -1.83. The van der Waals surface area contributed by atoms with E-state index in [0.29, 0.717) is 58.0 Å². The number of aliphatic imine (C=N–C) groups is 1. The minimum absolute atomic E-state index is 0. The van der Waals surface area contributed by atoms with Gasteiger partial charge >= 0.3 is 5.97 Å². The third-order valence-corrected chi connectivity index (χ3v) is 15.0. The molecule has 0 saturated carbocycles. The third kappa shape index (κ3) is 39.4. The number of guanidine groups is 1. The van der Waals surface area contributed by atoms with Gasteiger partial charge in [-0.05, 0) is 142 Å². The average molecular weight is 1410 g/mol. The standard InChI is InChI=1S/C61H113N21O16.CH4/c1-31(2)27-42(52(89)71-30-47(85)82-48(33(5)6)59(96)73-34(7)49(86)74-36(9)60(97)98)80-56(93)41(21-22-45(66)83)78-55(92)40(20-16-26-70-61(68)69)77-58(95)44(29-46(67)84)81-57(94)43(28-32(3)4)79-50(87)35(8)72-53(90)38(18-11-14-24-63)76-54(91)39(19-12-15-25-64)75-51(88)37(65)17-10-13-23-62;/h31-44,48H,10-30,62-65H2,1-9H3,(H2,66,83)(H2,67,84)(H,71,89)(H,72,90)(H,73,96)(H,74,86)(H,75,88)(H,76,91)(H,77,95)(H,78,92)(H,79,87)(H,80,93)(H,81,94)(H,82,85)(H,97,98)(H4,68,69,70);1H4/t34-,35-,36-,37-,38-,39-,40-,41-,42-,43-,44-,48-;/m0./s1. The molecule has 37 nitrogen and oxygen atoms in total. The van der Waals surface area contributed by atoms with Crippen LogP contribution in [0.5, 0.6) is 0 Å². The highest BCUT2D eigenvalue weighted by atomic mass is 16.4. The number of primary amides is 2. The maximum Gasteiger partial charge on any atom is 0.325 e. The molecule has 566 valence electrons. The van der Waals surface area contributed by atoms with E-state index in [0.717, 1.165) is 0 Å². The first kappa shape index (κ1) is 92.2. The van der Waals surface area contributed by atoms with Crippen LogP contribution >= 0.6 is 0 Å². The number of rotatable bonds is 51. The molecule has 0 rings (SSSR count). The number of aliphatic carboxylic acids is 1. The van der Waals surface area contributed by atoms with Crippen molar-refractivity contribution >= 4 is 94.6 Å². The molecule has 0 fully saturated rings. The summed E-state index contributed by atoms with van der Waals surface area (Å²) in [7, 11) is 0. The highest BCUT2D eigenvalue weighted by Crippen LogP contribution is 2.13. The molecule has 0 spiro atoms. The van der Waals surface area contributed by atoms with Crippen molar-refractivity contribution < 1.29 is 77.0 Å². The lowest BCUT2D eigenvalue weighted by molar-refractivity contribution is -0.141. The van der Waals surface area contributed by atoms with Gasteiger partial charge in [0.15, 0.2) is 5.96 Å². The van der Waals surface area contributed by atoms with Crippen molar-refractivity contribution in [2.45, 2.75) is 245 Å². The largest absolute Gasteiger partial charge is 0.480 e. The number of nitrogens with zero attached hydrogens (tertiary/aromatic N) is 1. The lowest BCUT2D eigenvalue weighted by Gasteiger charge is -2.28. The molecule has 0 heterocycles. The molecule has 0 aromatic heterocycles. The SMILES string of the molecule is C.CC(C)C[C@H](NC(=O)[C@H](C)NC(=O)[C@H](CCCCN)NC(=O)[C@H](CCCCN)NC(=O)[C@@H](N)CCCCN)C(=O)N[C@@H](CC(N)=O)C(=O)N[C@@H](CCCN=C(N)N)C(=O)N[C@@H](CCC(N)=O)C(=O)N[C@@H](CC(C)C)C(=O)NCC(=O)N[C@H](C(=O)N[C@@H](C)C(=O)N[C@@H](C)C(=O)O)C(C)C. The number of nitrogens with one attached hydrogen (secondary N) is 12. The monoisotopic (exact) mass is 1410 g/mol. The lowest BCUT2D eigenvalue weighted by atomic mass is 10.0. The molecular weight excluding hydrogens is 1290 g/mol. The smallest absolute Gasteiger partial charge is 0.325 e. The van der Waals surface area contributed by atoms with Gasteiger partial charge in [-0.3, -0.25) is 76.9 Å². The van der Waals surface area contributed by atoms with E-state index in [1.165, 1.54) is 20.8 Å². The summed E-state index contributed by atoms with van der Waals surface area (Å²) in [4.78, 5) is 204. The van der Waals surface area contributed by atoms with Crippen molar-refractivity contribution in [2.24, 2.45) is 68.6 Å². The molecule has 29 N–H and O–H groups in total. The summed E-state index contributed by atoms with van der Waals surface area (Å²) in [5.74, 6) is -15.4. The van der Waals surface area contributed by atoms with E-state index in [9.17, 15) is 71.9 Å². The molecule has 0 aromatic carbocycles. The number of hydrogen-bond donors (Lipinski definition) is 21. The number of unbranched alkanes of at least 4 members (excludes halogenated alkanes) is 3. The third-order valence-electron chi connectivity index (χ3n) is 15.0. The second-order valence-electron chi connectivity index (χ2n) is 25.3. The number of carboxylic acid groups (broad SMARTS) is 1. The van der Waals surface area contributed by atoms with Crippen LogP contribution in [-0.2, 0) is 71.9 Å². The Kier molecular flexibility index (Phi) is 46.2. The zero-order chi connectivity index (χ0) is 74.9. The van der Waals surface area contributed by atoms with E-state index in [4.69, 9.17) is 51.0 Å². The van der Waals surface area contributed by atoms with Gasteiger partial charge in [0, 0.05) is 13.0 Å². The number of amides is 14. The summed E-state index contributed by atoms with van der Waals surface area (Å²) in [5, 5.41) is 39.0. The Balaban J connectivity index is 0. The zero-order valence-corrected chi connectivity index (χ0v) is 58.1. The van der Waals surface area contributed by atoms with Gasteiger partial charge in [-0.1, -0.05) is 55.4 Å². The van der Waals surface area contributed by atoms with Crippen molar-refractivity contribution in [2.75, 3.05) is 32.7 Å². The Morgan fingerprint density at radius 2 is 0.747 bits per heavy atom. The van der Waals surface area contributed by atoms with Crippen molar-refractivity contribution in [3.63, 3.8) is 0 Å². The van der Waals surface area contributed by atoms with Crippen LogP contribution in [0.3, 0.4) is 0 Å². The Morgan fingerprint density at radius 3 is 1.18 bits per heavy atom. The quantitative estimate of drug-likeness (QED) is 0.0153. The van der Waals surface area contributed by atoms with Gasteiger partial charge in [0.2, 0.25) is 82.7 Å². The van der Waals surface area contributed by atoms with Crippen LogP contribution in [0.1, 0.15) is 172 Å². The van der Waals surface area contributed by atoms with E-state index >= 15 is 0 Å².